The van der Waals surface area contributed by atoms with E-state index in [9.17, 15) is 0 Å². The van der Waals surface area contributed by atoms with Crippen LogP contribution in [-0.2, 0) is 4.74 Å². The summed E-state index contributed by atoms with van der Waals surface area (Å²) in [6.45, 7) is 9.38. The Labute approximate surface area is 81.2 Å². The largest absolute Gasteiger partial charge is 0.379 e. The van der Waals surface area contributed by atoms with Gasteiger partial charge in [-0.3, -0.25) is 0 Å². The van der Waals surface area contributed by atoms with E-state index < -0.39 is 0 Å². The predicted octanol–water partition coefficient (Wildman–Crippen LogP) is 0.610. The average Bonchev–Trinajstić information content (AvgIpc) is 2.54. The maximum atomic E-state index is 5.45. The first-order valence-electron chi connectivity index (χ1n) is 5.40. The highest BCUT2D eigenvalue weighted by atomic mass is 16.5. The lowest BCUT2D eigenvalue weighted by molar-refractivity contribution is 0.182. The van der Waals surface area contributed by atoms with E-state index in [0.717, 1.165) is 32.8 Å². The van der Waals surface area contributed by atoms with Gasteiger partial charge in [-0.1, -0.05) is 13.8 Å². The van der Waals surface area contributed by atoms with Gasteiger partial charge in [0.25, 0.3) is 0 Å². The summed E-state index contributed by atoms with van der Waals surface area (Å²) in [6, 6.07) is 0.564. The summed E-state index contributed by atoms with van der Waals surface area (Å²) in [5.41, 5.74) is 0. The van der Waals surface area contributed by atoms with Gasteiger partial charge >= 0.3 is 0 Å². The lowest BCUT2D eigenvalue weighted by Gasteiger charge is -2.18. The van der Waals surface area contributed by atoms with Crippen molar-refractivity contribution in [2.24, 2.45) is 5.92 Å². The van der Waals surface area contributed by atoms with Gasteiger partial charge in [-0.2, -0.15) is 0 Å². The monoisotopic (exact) mass is 186 g/mol. The van der Waals surface area contributed by atoms with Crippen LogP contribution in [0.5, 0.6) is 0 Å². The molecule has 2 unspecified atom stereocenters. The molecule has 2 N–H and O–H groups in total. The Morgan fingerprint density at radius 1 is 1.31 bits per heavy atom. The quantitative estimate of drug-likeness (QED) is 0.596. The predicted molar refractivity (Wildman–Crippen MR) is 54.9 cm³/mol. The number of likely N-dealkylation sites (N-methyl/N-ethyl adjacent to an activating group) is 1. The molecule has 0 amide bonds. The Bertz CT molecular complexity index is 130. The molecule has 0 aromatic rings. The van der Waals surface area contributed by atoms with Crippen molar-refractivity contribution in [3.8, 4) is 0 Å². The minimum absolute atomic E-state index is 0.564. The summed E-state index contributed by atoms with van der Waals surface area (Å²) in [5, 5.41) is 6.90. The molecule has 1 rings (SSSR count). The van der Waals surface area contributed by atoms with Gasteiger partial charge in [0.2, 0.25) is 0 Å². The molecule has 1 fully saturated rings. The fourth-order valence-electron chi connectivity index (χ4n) is 1.75. The number of hydrogen-bond acceptors (Lipinski definition) is 3. The number of nitrogens with one attached hydrogen (secondary N) is 2. The van der Waals surface area contributed by atoms with Crippen LogP contribution in [0, 0.1) is 5.92 Å². The van der Waals surface area contributed by atoms with Crippen molar-refractivity contribution >= 4 is 0 Å². The zero-order valence-electron chi connectivity index (χ0n) is 8.81. The summed E-state index contributed by atoms with van der Waals surface area (Å²) in [6.07, 6.45) is 1.21. The van der Waals surface area contributed by atoms with Gasteiger partial charge in [0, 0.05) is 18.5 Å². The zero-order chi connectivity index (χ0) is 9.52. The first kappa shape index (κ1) is 11.0. The third-order valence-electron chi connectivity index (χ3n) is 2.50. The van der Waals surface area contributed by atoms with Gasteiger partial charge < -0.3 is 15.4 Å². The van der Waals surface area contributed by atoms with Crippen molar-refractivity contribution in [2.75, 3.05) is 32.8 Å². The van der Waals surface area contributed by atoms with Gasteiger partial charge in [0.1, 0.15) is 0 Å². The number of hydrogen-bond donors (Lipinski definition) is 2. The zero-order valence-corrected chi connectivity index (χ0v) is 8.81. The maximum absolute atomic E-state index is 5.45. The van der Waals surface area contributed by atoms with Crippen LogP contribution in [0.2, 0.25) is 0 Å². The summed E-state index contributed by atoms with van der Waals surface area (Å²) in [7, 11) is 0. The van der Waals surface area contributed by atoms with Crippen LogP contribution in [0.3, 0.4) is 0 Å². The fourth-order valence-corrected chi connectivity index (χ4v) is 1.75. The first-order valence-corrected chi connectivity index (χ1v) is 5.40. The SMILES string of the molecule is CCCNCC1COCC1NCC. The van der Waals surface area contributed by atoms with E-state index in [-0.39, 0.29) is 0 Å². The molecule has 0 aliphatic carbocycles. The topological polar surface area (TPSA) is 33.3 Å². The van der Waals surface area contributed by atoms with E-state index in [0.29, 0.717) is 12.0 Å². The average molecular weight is 186 g/mol. The van der Waals surface area contributed by atoms with E-state index in [4.69, 9.17) is 4.74 Å². The van der Waals surface area contributed by atoms with Crippen LogP contribution < -0.4 is 10.6 Å². The molecule has 1 aliphatic rings. The van der Waals surface area contributed by atoms with Crippen molar-refractivity contribution in [1.29, 1.82) is 0 Å². The highest BCUT2D eigenvalue weighted by molar-refractivity contribution is 4.82. The molecule has 0 aromatic carbocycles. The van der Waals surface area contributed by atoms with Crippen molar-refractivity contribution in [1.82, 2.24) is 10.6 Å². The summed E-state index contributed by atoms with van der Waals surface area (Å²) >= 11 is 0. The van der Waals surface area contributed by atoms with Crippen LogP contribution in [-0.4, -0.2) is 38.9 Å². The van der Waals surface area contributed by atoms with Crippen LogP contribution in [0.15, 0.2) is 0 Å². The van der Waals surface area contributed by atoms with Crippen molar-refractivity contribution in [2.45, 2.75) is 26.3 Å². The summed E-state index contributed by atoms with van der Waals surface area (Å²) in [4.78, 5) is 0. The van der Waals surface area contributed by atoms with Crippen molar-refractivity contribution < 1.29 is 4.74 Å². The molecule has 78 valence electrons. The van der Waals surface area contributed by atoms with E-state index in [1.165, 1.54) is 6.42 Å². The summed E-state index contributed by atoms with van der Waals surface area (Å²) in [5.74, 6) is 0.659. The Hall–Kier alpha value is -0.120. The van der Waals surface area contributed by atoms with Gasteiger partial charge in [0.15, 0.2) is 0 Å². The minimum atomic E-state index is 0.564. The smallest absolute Gasteiger partial charge is 0.0623 e. The van der Waals surface area contributed by atoms with Gasteiger partial charge in [-0.25, -0.2) is 0 Å². The molecule has 13 heavy (non-hydrogen) atoms. The molecule has 1 saturated heterocycles. The molecule has 3 nitrogen and oxygen atoms in total. The molecule has 1 aliphatic heterocycles. The highest BCUT2D eigenvalue weighted by Crippen LogP contribution is 2.12. The Morgan fingerprint density at radius 3 is 2.85 bits per heavy atom. The van der Waals surface area contributed by atoms with Crippen molar-refractivity contribution in [3.63, 3.8) is 0 Å². The second kappa shape index (κ2) is 6.35. The van der Waals surface area contributed by atoms with Crippen LogP contribution >= 0.6 is 0 Å². The third kappa shape index (κ3) is 3.63. The minimum Gasteiger partial charge on any atom is -0.379 e. The van der Waals surface area contributed by atoms with Gasteiger partial charge in [-0.05, 0) is 19.5 Å². The van der Waals surface area contributed by atoms with Crippen LogP contribution in [0.1, 0.15) is 20.3 Å². The normalized spacial score (nSPS) is 28.2. The number of ether oxygens (including phenoxy) is 1. The summed E-state index contributed by atoms with van der Waals surface area (Å²) < 4.78 is 5.45. The van der Waals surface area contributed by atoms with Gasteiger partial charge in [-0.15, -0.1) is 0 Å². The molecular weight excluding hydrogens is 164 g/mol. The molecule has 3 heteroatoms. The molecule has 1 heterocycles. The second-order valence-electron chi connectivity index (χ2n) is 3.67. The fraction of sp³-hybridized carbons (Fsp3) is 1.00. The molecule has 0 spiro atoms. The van der Waals surface area contributed by atoms with E-state index >= 15 is 0 Å². The molecule has 0 radical (unpaired) electrons. The molecule has 0 bridgehead atoms. The standard InChI is InChI=1S/C10H22N2O/c1-3-5-11-6-9-7-13-8-10(9)12-4-2/h9-12H,3-8H2,1-2H3. The molecular formula is C10H22N2O. The number of rotatable bonds is 6. The Morgan fingerprint density at radius 2 is 2.15 bits per heavy atom. The van der Waals surface area contributed by atoms with E-state index in [1.54, 1.807) is 0 Å². The van der Waals surface area contributed by atoms with Crippen molar-refractivity contribution in [3.05, 3.63) is 0 Å². The van der Waals surface area contributed by atoms with E-state index in [1.807, 2.05) is 0 Å². The maximum Gasteiger partial charge on any atom is 0.0623 e. The molecule has 2 atom stereocenters. The van der Waals surface area contributed by atoms with Gasteiger partial charge in [0.05, 0.1) is 13.2 Å². The Balaban J connectivity index is 2.15. The second-order valence-corrected chi connectivity index (χ2v) is 3.67. The van der Waals surface area contributed by atoms with Crippen LogP contribution in [0.4, 0.5) is 0 Å². The third-order valence-corrected chi connectivity index (χ3v) is 2.50. The van der Waals surface area contributed by atoms with Crippen LogP contribution in [0.25, 0.3) is 0 Å². The first-order chi connectivity index (χ1) is 6.38. The molecule has 0 aromatic heterocycles. The Kier molecular flexibility index (Phi) is 5.35. The molecule has 0 saturated carbocycles. The lowest BCUT2D eigenvalue weighted by atomic mass is 10.0. The van der Waals surface area contributed by atoms with E-state index in [2.05, 4.69) is 24.5 Å². The lowest BCUT2D eigenvalue weighted by Crippen LogP contribution is -2.40. The highest BCUT2D eigenvalue weighted by Gasteiger charge is 2.26.